The first-order valence-electron chi connectivity index (χ1n) is 7.41. The summed E-state index contributed by atoms with van der Waals surface area (Å²) in [6.45, 7) is 6.71. The highest BCUT2D eigenvalue weighted by atomic mass is 32.2. The highest BCUT2D eigenvalue weighted by molar-refractivity contribution is 7.98. The highest BCUT2D eigenvalue weighted by Gasteiger charge is 2.19. The number of benzene rings is 2. The molecule has 0 aliphatic heterocycles. The summed E-state index contributed by atoms with van der Waals surface area (Å²) in [5.74, 6) is 0. The molecule has 0 saturated carbocycles. The Morgan fingerprint density at radius 2 is 1.67 bits per heavy atom. The maximum Gasteiger partial charge on any atom is 0.105 e. The normalized spacial score (nSPS) is 13.2. The number of aliphatic hydroxyl groups excluding tert-OH is 1. The van der Waals surface area contributed by atoms with E-state index in [1.54, 1.807) is 11.8 Å². The van der Waals surface area contributed by atoms with Crippen LogP contribution < -0.4 is 0 Å². The standard InChI is InChI=1S/C19H24OS/c1-5-19(2,3)15-12-10-14(11-13-15)18(20)16-8-6-7-9-17(16)21-4/h6-13,18,20H,5H2,1-4H3. The second-order valence-corrected chi connectivity index (χ2v) is 6.85. The van der Waals surface area contributed by atoms with Gasteiger partial charge in [-0.3, -0.25) is 0 Å². The summed E-state index contributed by atoms with van der Waals surface area (Å²) in [6.07, 6.45) is 2.58. The number of hydrogen-bond donors (Lipinski definition) is 1. The lowest BCUT2D eigenvalue weighted by molar-refractivity contribution is 0.217. The van der Waals surface area contributed by atoms with Gasteiger partial charge in [0, 0.05) is 4.90 Å². The SMILES string of the molecule is CCC(C)(C)c1ccc(C(O)c2ccccc2SC)cc1. The van der Waals surface area contributed by atoms with E-state index >= 15 is 0 Å². The minimum absolute atomic E-state index is 0.181. The molecule has 1 atom stereocenters. The lowest BCUT2D eigenvalue weighted by Gasteiger charge is -2.24. The van der Waals surface area contributed by atoms with Crippen LogP contribution in [-0.2, 0) is 5.41 Å². The number of aliphatic hydroxyl groups is 1. The molecule has 1 N–H and O–H groups in total. The second kappa shape index (κ2) is 6.67. The minimum atomic E-state index is -0.563. The van der Waals surface area contributed by atoms with Crippen molar-refractivity contribution < 1.29 is 5.11 Å². The van der Waals surface area contributed by atoms with Crippen molar-refractivity contribution in [1.82, 2.24) is 0 Å². The van der Waals surface area contributed by atoms with Crippen LogP contribution in [0.15, 0.2) is 53.4 Å². The molecule has 0 heterocycles. The van der Waals surface area contributed by atoms with Crippen molar-refractivity contribution in [3.63, 3.8) is 0 Å². The van der Waals surface area contributed by atoms with Crippen LogP contribution in [0.5, 0.6) is 0 Å². The summed E-state index contributed by atoms with van der Waals surface area (Å²) in [7, 11) is 0. The summed E-state index contributed by atoms with van der Waals surface area (Å²) in [6, 6.07) is 16.4. The number of rotatable bonds is 5. The fourth-order valence-corrected chi connectivity index (χ4v) is 3.02. The Kier molecular flexibility index (Phi) is 5.13. The quantitative estimate of drug-likeness (QED) is 0.768. The van der Waals surface area contributed by atoms with Crippen molar-refractivity contribution in [2.24, 2.45) is 0 Å². The van der Waals surface area contributed by atoms with Gasteiger partial charge >= 0.3 is 0 Å². The van der Waals surface area contributed by atoms with E-state index in [0.29, 0.717) is 0 Å². The van der Waals surface area contributed by atoms with E-state index in [-0.39, 0.29) is 5.41 Å². The van der Waals surface area contributed by atoms with Crippen LogP contribution in [0.2, 0.25) is 0 Å². The Labute approximate surface area is 132 Å². The predicted octanol–water partition coefficient (Wildman–Crippen LogP) is 5.18. The van der Waals surface area contributed by atoms with Gasteiger partial charge in [0.15, 0.2) is 0 Å². The fourth-order valence-electron chi connectivity index (χ4n) is 2.39. The topological polar surface area (TPSA) is 20.2 Å². The van der Waals surface area contributed by atoms with Crippen LogP contribution in [-0.4, -0.2) is 11.4 Å². The zero-order chi connectivity index (χ0) is 15.5. The maximum absolute atomic E-state index is 10.6. The highest BCUT2D eigenvalue weighted by Crippen LogP contribution is 2.32. The summed E-state index contributed by atoms with van der Waals surface area (Å²) >= 11 is 1.67. The van der Waals surface area contributed by atoms with Crippen molar-refractivity contribution in [3.05, 3.63) is 65.2 Å². The van der Waals surface area contributed by atoms with Gasteiger partial charge in [-0.2, -0.15) is 0 Å². The molecule has 2 aromatic rings. The number of hydrogen-bond acceptors (Lipinski definition) is 2. The van der Waals surface area contributed by atoms with Crippen LogP contribution >= 0.6 is 11.8 Å². The molecular weight excluding hydrogens is 276 g/mol. The van der Waals surface area contributed by atoms with Crippen molar-refractivity contribution in [2.45, 2.75) is 43.6 Å². The van der Waals surface area contributed by atoms with Gasteiger partial charge in [0.2, 0.25) is 0 Å². The molecule has 0 bridgehead atoms. The van der Waals surface area contributed by atoms with Gasteiger partial charge in [0.25, 0.3) is 0 Å². The van der Waals surface area contributed by atoms with Gasteiger partial charge in [-0.05, 0) is 40.8 Å². The van der Waals surface area contributed by atoms with Crippen molar-refractivity contribution in [3.8, 4) is 0 Å². The van der Waals surface area contributed by atoms with E-state index in [0.717, 1.165) is 22.4 Å². The monoisotopic (exact) mass is 300 g/mol. The fraction of sp³-hybridized carbons (Fsp3) is 0.368. The third-order valence-electron chi connectivity index (χ3n) is 4.33. The second-order valence-electron chi connectivity index (χ2n) is 6.00. The third-order valence-corrected chi connectivity index (χ3v) is 5.14. The van der Waals surface area contributed by atoms with E-state index in [2.05, 4.69) is 51.1 Å². The van der Waals surface area contributed by atoms with Crippen LogP contribution in [0.4, 0.5) is 0 Å². The zero-order valence-corrected chi connectivity index (χ0v) is 14.1. The van der Waals surface area contributed by atoms with Gasteiger partial charge in [0.05, 0.1) is 0 Å². The van der Waals surface area contributed by atoms with E-state index < -0.39 is 6.10 Å². The molecule has 2 rings (SSSR count). The Hall–Kier alpha value is -1.25. The van der Waals surface area contributed by atoms with Crippen LogP contribution in [0.1, 0.15) is 50.0 Å². The first-order chi connectivity index (χ1) is 9.99. The summed E-state index contributed by atoms with van der Waals surface area (Å²) < 4.78 is 0. The Morgan fingerprint density at radius 1 is 1.05 bits per heavy atom. The lowest BCUT2D eigenvalue weighted by Crippen LogP contribution is -2.15. The predicted molar refractivity (Wildman–Crippen MR) is 92.0 cm³/mol. The molecule has 0 spiro atoms. The molecule has 0 radical (unpaired) electrons. The van der Waals surface area contributed by atoms with Crippen LogP contribution in [0.3, 0.4) is 0 Å². The minimum Gasteiger partial charge on any atom is -0.384 e. The maximum atomic E-state index is 10.6. The molecule has 0 saturated heterocycles. The van der Waals surface area contributed by atoms with E-state index in [1.807, 2.05) is 24.5 Å². The summed E-state index contributed by atoms with van der Waals surface area (Å²) in [5, 5.41) is 10.6. The molecule has 0 aliphatic carbocycles. The third kappa shape index (κ3) is 3.50. The Morgan fingerprint density at radius 3 is 2.24 bits per heavy atom. The molecule has 2 aromatic carbocycles. The molecule has 1 unspecified atom stereocenters. The molecule has 1 nitrogen and oxygen atoms in total. The molecule has 2 heteroatoms. The van der Waals surface area contributed by atoms with Gasteiger partial charge in [0.1, 0.15) is 6.10 Å². The molecular formula is C19H24OS. The molecule has 0 aromatic heterocycles. The van der Waals surface area contributed by atoms with Gasteiger partial charge < -0.3 is 5.11 Å². The van der Waals surface area contributed by atoms with Gasteiger partial charge in [-0.15, -0.1) is 11.8 Å². The first kappa shape index (κ1) is 16.1. The van der Waals surface area contributed by atoms with E-state index in [9.17, 15) is 5.11 Å². The zero-order valence-electron chi connectivity index (χ0n) is 13.3. The Bertz CT molecular complexity index is 587. The first-order valence-corrected chi connectivity index (χ1v) is 8.63. The van der Waals surface area contributed by atoms with Crippen LogP contribution in [0.25, 0.3) is 0 Å². The molecule has 21 heavy (non-hydrogen) atoms. The average molecular weight is 300 g/mol. The molecule has 112 valence electrons. The number of thioether (sulfide) groups is 1. The summed E-state index contributed by atoms with van der Waals surface area (Å²) in [4.78, 5) is 1.13. The molecule has 0 amide bonds. The van der Waals surface area contributed by atoms with E-state index in [4.69, 9.17) is 0 Å². The molecule has 0 fully saturated rings. The van der Waals surface area contributed by atoms with Crippen molar-refractivity contribution in [1.29, 1.82) is 0 Å². The van der Waals surface area contributed by atoms with Gasteiger partial charge in [-0.25, -0.2) is 0 Å². The van der Waals surface area contributed by atoms with Crippen molar-refractivity contribution in [2.75, 3.05) is 6.26 Å². The van der Waals surface area contributed by atoms with Crippen molar-refractivity contribution >= 4 is 11.8 Å². The Balaban J connectivity index is 2.30. The van der Waals surface area contributed by atoms with E-state index in [1.165, 1.54) is 5.56 Å². The molecule has 0 aliphatic rings. The van der Waals surface area contributed by atoms with Crippen LogP contribution in [0, 0.1) is 0 Å². The smallest absolute Gasteiger partial charge is 0.105 e. The summed E-state index contributed by atoms with van der Waals surface area (Å²) in [5.41, 5.74) is 3.43. The lowest BCUT2D eigenvalue weighted by atomic mass is 9.81. The van der Waals surface area contributed by atoms with Gasteiger partial charge in [-0.1, -0.05) is 63.2 Å². The average Bonchev–Trinajstić information content (AvgIpc) is 2.54. The largest absolute Gasteiger partial charge is 0.384 e.